The Labute approximate surface area is 97.2 Å². The van der Waals surface area contributed by atoms with Gasteiger partial charge in [-0.1, -0.05) is 12.2 Å². The van der Waals surface area contributed by atoms with Gasteiger partial charge in [-0.3, -0.25) is 4.79 Å². The molecule has 1 aliphatic carbocycles. The Morgan fingerprint density at radius 2 is 2.12 bits per heavy atom. The van der Waals surface area contributed by atoms with Crippen LogP contribution in [-0.4, -0.2) is 23.7 Å². The van der Waals surface area contributed by atoms with Crippen LogP contribution in [-0.2, 0) is 9.53 Å². The average molecular weight is 223 g/mol. The number of rotatable bonds is 1. The Kier molecular flexibility index (Phi) is 2.82. The normalized spacial score (nSPS) is 33.9. The fraction of sp³-hybridized carbons (Fsp3) is 0.769. The lowest BCUT2D eigenvalue weighted by Crippen LogP contribution is -2.39. The predicted octanol–water partition coefficient (Wildman–Crippen LogP) is 2.02. The third-order valence-electron chi connectivity index (χ3n) is 3.27. The van der Waals surface area contributed by atoms with Crippen LogP contribution in [0.3, 0.4) is 0 Å². The molecule has 1 saturated carbocycles. The van der Waals surface area contributed by atoms with Gasteiger partial charge < -0.3 is 10.1 Å². The lowest BCUT2D eigenvalue weighted by Gasteiger charge is -2.22. The molecule has 0 aromatic rings. The summed E-state index contributed by atoms with van der Waals surface area (Å²) in [6.45, 7) is 9.73. The number of carbonyl (C=O) groups excluding carboxylic acids is 1. The molecule has 3 nitrogen and oxygen atoms in total. The van der Waals surface area contributed by atoms with E-state index in [9.17, 15) is 4.79 Å². The van der Waals surface area contributed by atoms with Gasteiger partial charge in [0.25, 0.3) is 0 Å². The Morgan fingerprint density at radius 3 is 2.69 bits per heavy atom. The van der Waals surface area contributed by atoms with Crippen LogP contribution in [0.2, 0.25) is 0 Å². The minimum absolute atomic E-state index is 0.104. The van der Waals surface area contributed by atoms with E-state index in [2.05, 4.69) is 11.9 Å². The Morgan fingerprint density at radius 1 is 1.44 bits per heavy atom. The first kappa shape index (κ1) is 11.6. The molecule has 2 aliphatic rings. The standard InChI is InChI=1S/C13H21NO2/c1-8-5-9-7-11(14-10(9)6-8)12(15)16-13(2,3)4/h9-11,14H,1,5-7H2,2-4H3. The van der Waals surface area contributed by atoms with Gasteiger partial charge in [-0.15, -0.1) is 0 Å². The lowest BCUT2D eigenvalue weighted by atomic mass is 10.0. The zero-order valence-electron chi connectivity index (χ0n) is 10.4. The van der Waals surface area contributed by atoms with Crippen molar-refractivity contribution in [1.29, 1.82) is 0 Å². The predicted molar refractivity (Wildman–Crippen MR) is 63.0 cm³/mol. The second kappa shape index (κ2) is 3.88. The lowest BCUT2D eigenvalue weighted by molar-refractivity contribution is -0.157. The van der Waals surface area contributed by atoms with Gasteiger partial charge in [-0.2, -0.15) is 0 Å². The molecule has 0 amide bonds. The molecule has 0 bridgehead atoms. The van der Waals surface area contributed by atoms with E-state index >= 15 is 0 Å². The number of carbonyl (C=O) groups is 1. The van der Waals surface area contributed by atoms with Gasteiger partial charge in [0.2, 0.25) is 0 Å². The summed E-state index contributed by atoms with van der Waals surface area (Å²) in [4.78, 5) is 11.9. The van der Waals surface area contributed by atoms with Crippen molar-refractivity contribution in [2.75, 3.05) is 0 Å². The molecule has 1 aliphatic heterocycles. The van der Waals surface area contributed by atoms with Gasteiger partial charge in [0, 0.05) is 6.04 Å². The quantitative estimate of drug-likeness (QED) is 0.546. The van der Waals surface area contributed by atoms with Crippen molar-refractivity contribution in [3.05, 3.63) is 12.2 Å². The van der Waals surface area contributed by atoms with Crippen LogP contribution in [0.1, 0.15) is 40.0 Å². The van der Waals surface area contributed by atoms with Gasteiger partial charge in [0.15, 0.2) is 0 Å². The third-order valence-corrected chi connectivity index (χ3v) is 3.27. The molecule has 90 valence electrons. The number of hydrogen-bond donors (Lipinski definition) is 1. The van der Waals surface area contributed by atoms with E-state index in [-0.39, 0.29) is 17.6 Å². The first-order valence-electron chi connectivity index (χ1n) is 6.01. The summed E-state index contributed by atoms with van der Waals surface area (Å²) in [7, 11) is 0. The highest BCUT2D eigenvalue weighted by Crippen LogP contribution is 2.37. The van der Waals surface area contributed by atoms with Gasteiger partial charge in [0.05, 0.1) is 0 Å². The summed E-state index contributed by atoms with van der Waals surface area (Å²) in [6.07, 6.45) is 2.99. The summed E-state index contributed by atoms with van der Waals surface area (Å²) in [6, 6.07) is 0.340. The number of esters is 1. The molecule has 1 N–H and O–H groups in total. The molecule has 2 rings (SSSR count). The smallest absolute Gasteiger partial charge is 0.323 e. The molecular formula is C13H21NO2. The van der Waals surface area contributed by atoms with E-state index in [1.54, 1.807) is 0 Å². The molecule has 1 heterocycles. The highest BCUT2D eigenvalue weighted by Gasteiger charge is 2.42. The summed E-state index contributed by atoms with van der Waals surface area (Å²) >= 11 is 0. The minimum atomic E-state index is -0.389. The zero-order valence-corrected chi connectivity index (χ0v) is 10.4. The molecule has 0 spiro atoms. The summed E-state index contributed by atoms with van der Waals surface area (Å²) in [5, 5.41) is 3.37. The molecule has 0 radical (unpaired) electrons. The van der Waals surface area contributed by atoms with Gasteiger partial charge in [0.1, 0.15) is 11.6 Å². The van der Waals surface area contributed by atoms with Gasteiger partial charge in [-0.05, 0) is 46.0 Å². The molecule has 3 unspecified atom stereocenters. The Balaban J connectivity index is 1.90. The zero-order chi connectivity index (χ0) is 11.9. The third kappa shape index (κ3) is 2.46. The van der Waals surface area contributed by atoms with E-state index in [1.165, 1.54) is 5.57 Å². The SMILES string of the molecule is C=C1CC2CC(C(=O)OC(C)(C)C)NC2C1. The van der Waals surface area contributed by atoms with Crippen LogP contribution >= 0.6 is 0 Å². The molecule has 3 atom stereocenters. The molecule has 1 saturated heterocycles. The largest absolute Gasteiger partial charge is 0.459 e. The average Bonchev–Trinajstić information content (AvgIpc) is 2.56. The fourth-order valence-electron chi connectivity index (χ4n) is 2.68. The topological polar surface area (TPSA) is 38.3 Å². The number of ether oxygens (including phenoxy) is 1. The van der Waals surface area contributed by atoms with Crippen molar-refractivity contribution >= 4 is 5.97 Å². The Hall–Kier alpha value is -0.830. The summed E-state index contributed by atoms with van der Waals surface area (Å²) in [5.41, 5.74) is 0.921. The van der Waals surface area contributed by atoms with Crippen LogP contribution in [0.4, 0.5) is 0 Å². The van der Waals surface area contributed by atoms with Gasteiger partial charge >= 0.3 is 5.97 Å². The molecule has 2 fully saturated rings. The van der Waals surface area contributed by atoms with Gasteiger partial charge in [-0.25, -0.2) is 0 Å². The summed E-state index contributed by atoms with van der Waals surface area (Å²) in [5.74, 6) is 0.484. The van der Waals surface area contributed by atoms with Crippen LogP contribution in [0, 0.1) is 5.92 Å². The fourth-order valence-corrected chi connectivity index (χ4v) is 2.68. The van der Waals surface area contributed by atoms with E-state index in [1.807, 2.05) is 20.8 Å². The molecule has 0 aromatic carbocycles. The molecular weight excluding hydrogens is 202 g/mol. The van der Waals surface area contributed by atoms with Crippen molar-refractivity contribution in [3.8, 4) is 0 Å². The maximum atomic E-state index is 11.9. The maximum Gasteiger partial charge on any atom is 0.323 e. The molecule has 0 aromatic heterocycles. The first-order valence-corrected chi connectivity index (χ1v) is 6.01. The van der Waals surface area contributed by atoms with Crippen molar-refractivity contribution < 1.29 is 9.53 Å². The summed E-state index contributed by atoms with van der Waals surface area (Å²) < 4.78 is 5.39. The molecule has 16 heavy (non-hydrogen) atoms. The number of fused-ring (bicyclic) bond motifs is 1. The van der Waals surface area contributed by atoms with Crippen molar-refractivity contribution in [2.24, 2.45) is 5.92 Å². The second-order valence-electron chi connectivity index (χ2n) is 6.01. The van der Waals surface area contributed by atoms with E-state index < -0.39 is 0 Å². The van der Waals surface area contributed by atoms with Crippen molar-refractivity contribution in [1.82, 2.24) is 5.32 Å². The van der Waals surface area contributed by atoms with Crippen LogP contribution in [0.15, 0.2) is 12.2 Å². The van der Waals surface area contributed by atoms with Crippen LogP contribution in [0.5, 0.6) is 0 Å². The van der Waals surface area contributed by atoms with E-state index in [4.69, 9.17) is 4.74 Å². The number of hydrogen-bond acceptors (Lipinski definition) is 3. The highest BCUT2D eigenvalue weighted by atomic mass is 16.6. The number of nitrogens with one attached hydrogen (secondary N) is 1. The molecule has 3 heteroatoms. The monoisotopic (exact) mass is 223 g/mol. The Bertz CT molecular complexity index is 300. The first-order chi connectivity index (χ1) is 7.35. The van der Waals surface area contributed by atoms with Crippen molar-refractivity contribution in [2.45, 2.75) is 57.7 Å². The maximum absolute atomic E-state index is 11.9. The van der Waals surface area contributed by atoms with Crippen LogP contribution < -0.4 is 5.32 Å². The van der Waals surface area contributed by atoms with Crippen LogP contribution in [0.25, 0.3) is 0 Å². The minimum Gasteiger partial charge on any atom is -0.459 e. The second-order valence-corrected chi connectivity index (χ2v) is 6.01. The van der Waals surface area contributed by atoms with E-state index in [0.29, 0.717) is 12.0 Å². The highest BCUT2D eigenvalue weighted by molar-refractivity contribution is 5.76. The van der Waals surface area contributed by atoms with E-state index in [0.717, 1.165) is 19.3 Å². The van der Waals surface area contributed by atoms with Crippen molar-refractivity contribution in [3.63, 3.8) is 0 Å².